The molecule has 1 heterocycles. The molecule has 2 N–H and O–H groups in total. The number of phenols is 1. The van der Waals surface area contributed by atoms with Crippen LogP contribution >= 0.6 is 0 Å². The van der Waals surface area contributed by atoms with Crippen LogP contribution in [0.25, 0.3) is 0 Å². The van der Waals surface area contributed by atoms with E-state index in [1.807, 2.05) is 30.3 Å². The highest BCUT2D eigenvalue weighted by atomic mass is 16.3. The number of nitrogens with zero attached hydrogens (tertiary/aromatic N) is 3. The number of amidine groups is 1. The van der Waals surface area contributed by atoms with Crippen LogP contribution in [0.2, 0.25) is 0 Å². The summed E-state index contributed by atoms with van der Waals surface area (Å²) in [7, 11) is 0. The second kappa shape index (κ2) is 8.08. The first-order valence-corrected chi connectivity index (χ1v) is 9.12. The Morgan fingerprint density at radius 2 is 1.96 bits per heavy atom. The van der Waals surface area contributed by atoms with Gasteiger partial charge in [-0.25, -0.2) is 14.8 Å². The molecule has 3 aromatic rings. The van der Waals surface area contributed by atoms with Crippen molar-refractivity contribution in [2.75, 3.05) is 0 Å². The van der Waals surface area contributed by atoms with Crippen LogP contribution in [0.3, 0.4) is 0 Å². The fourth-order valence-electron chi connectivity index (χ4n) is 3.20. The number of imidazole rings is 1. The topological polar surface area (TPSA) is 82.7 Å². The van der Waals surface area contributed by atoms with Crippen molar-refractivity contribution in [2.24, 2.45) is 9.98 Å². The fourth-order valence-corrected chi connectivity index (χ4v) is 3.20. The largest absolute Gasteiger partial charge is 0.508 e. The Hall–Kier alpha value is -3.41. The van der Waals surface area contributed by atoms with E-state index >= 15 is 0 Å². The molecular weight excluding hydrogens is 352 g/mol. The van der Waals surface area contributed by atoms with Gasteiger partial charge in [-0.05, 0) is 42.8 Å². The zero-order valence-corrected chi connectivity index (χ0v) is 16.3. The molecule has 0 bridgehead atoms. The van der Waals surface area contributed by atoms with Gasteiger partial charge in [0.05, 0.1) is 12.2 Å². The normalized spacial score (nSPS) is 11.8. The van der Waals surface area contributed by atoms with E-state index in [1.54, 1.807) is 25.1 Å². The average molecular weight is 376 g/mol. The van der Waals surface area contributed by atoms with Gasteiger partial charge in [0.15, 0.2) is 11.7 Å². The minimum Gasteiger partial charge on any atom is -0.508 e. The molecule has 1 aromatic heterocycles. The summed E-state index contributed by atoms with van der Waals surface area (Å²) in [6.07, 6.45) is 0. The zero-order valence-electron chi connectivity index (χ0n) is 16.3. The van der Waals surface area contributed by atoms with Crippen LogP contribution in [0.1, 0.15) is 42.1 Å². The molecule has 0 aliphatic heterocycles. The first-order valence-electron chi connectivity index (χ1n) is 9.12. The van der Waals surface area contributed by atoms with Crippen molar-refractivity contribution in [2.45, 2.75) is 33.2 Å². The maximum absolute atomic E-state index is 12.5. The Bertz CT molecular complexity index is 1090. The molecule has 0 radical (unpaired) electrons. The van der Waals surface area contributed by atoms with Gasteiger partial charge in [0.25, 0.3) is 0 Å². The number of aromatic amines is 1. The summed E-state index contributed by atoms with van der Waals surface area (Å²) in [5.74, 6) is 1.41. The molecule has 0 saturated heterocycles. The van der Waals surface area contributed by atoms with E-state index in [1.165, 1.54) is 4.57 Å². The molecule has 0 fully saturated rings. The lowest BCUT2D eigenvalue weighted by atomic mass is 9.96. The highest BCUT2D eigenvalue weighted by molar-refractivity contribution is 6.04. The number of hydrogen-bond acceptors (Lipinski definition) is 3. The third kappa shape index (κ3) is 3.96. The van der Waals surface area contributed by atoms with Gasteiger partial charge in [0.1, 0.15) is 5.75 Å². The number of hydrogen-bond donors (Lipinski definition) is 2. The maximum Gasteiger partial charge on any atom is 0.327 e. The molecule has 2 aromatic carbocycles. The number of nitrogens with one attached hydrogen (secondary N) is 1. The third-order valence-corrected chi connectivity index (χ3v) is 4.57. The Labute approximate surface area is 163 Å². The first kappa shape index (κ1) is 19.4. The monoisotopic (exact) mass is 376 g/mol. The number of aryl methyl sites for hydroxylation is 1. The lowest BCUT2D eigenvalue weighted by Gasteiger charge is -2.12. The standard InChI is InChI=1S/C22H24N4O2/c1-14(2)18-10-5-6-11-19(18)20(23-4)25-21-15(3)24-22(28)26(21)13-16-8-7-9-17(27)12-16/h5-12,14,27H,4,13H2,1-3H3,(H,24,28)/b25-20-. The predicted octanol–water partition coefficient (Wildman–Crippen LogP) is 4.14. The zero-order chi connectivity index (χ0) is 20.3. The summed E-state index contributed by atoms with van der Waals surface area (Å²) in [6, 6.07) is 14.7. The van der Waals surface area contributed by atoms with Crippen molar-refractivity contribution in [1.82, 2.24) is 9.55 Å². The smallest absolute Gasteiger partial charge is 0.327 e. The number of H-pyrrole nitrogens is 1. The second-order valence-electron chi connectivity index (χ2n) is 6.97. The first-order chi connectivity index (χ1) is 13.4. The van der Waals surface area contributed by atoms with Gasteiger partial charge < -0.3 is 10.1 Å². The molecule has 0 atom stereocenters. The van der Waals surface area contributed by atoms with Crippen LogP contribution in [0.4, 0.5) is 5.82 Å². The van der Waals surface area contributed by atoms with Crippen LogP contribution in [0.15, 0.2) is 63.3 Å². The summed E-state index contributed by atoms with van der Waals surface area (Å²) in [4.78, 5) is 24.1. The van der Waals surface area contributed by atoms with Crippen molar-refractivity contribution in [3.8, 4) is 5.75 Å². The molecule has 6 nitrogen and oxygen atoms in total. The molecule has 0 unspecified atom stereocenters. The van der Waals surface area contributed by atoms with Crippen LogP contribution in [0.5, 0.6) is 5.75 Å². The number of benzene rings is 2. The average Bonchev–Trinajstić information content (AvgIpc) is 2.92. The molecule has 0 spiro atoms. The highest BCUT2D eigenvalue weighted by Gasteiger charge is 2.15. The van der Waals surface area contributed by atoms with Crippen LogP contribution < -0.4 is 5.69 Å². The van der Waals surface area contributed by atoms with Gasteiger partial charge in [0, 0.05) is 5.56 Å². The molecule has 3 rings (SSSR count). The van der Waals surface area contributed by atoms with E-state index in [9.17, 15) is 9.90 Å². The van der Waals surface area contributed by atoms with E-state index in [-0.39, 0.29) is 18.0 Å². The third-order valence-electron chi connectivity index (χ3n) is 4.57. The molecule has 0 aliphatic carbocycles. The second-order valence-corrected chi connectivity index (χ2v) is 6.97. The van der Waals surface area contributed by atoms with E-state index < -0.39 is 0 Å². The molecule has 28 heavy (non-hydrogen) atoms. The summed E-state index contributed by atoms with van der Waals surface area (Å²) in [5, 5.41) is 9.70. The summed E-state index contributed by atoms with van der Waals surface area (Å²) in [6.45, 7) is 9.99. The van der Waals surface area contributed by atoms with Crippen molar-refractivity contribution in [1.29, 1.82) is 0 Å². The predicted molar refractivity (Wildman–Crippen MR) is 113 cm³/mol. The van der Waals surface area contributed by atoms with E-state index in [0.29, 0.717) is 23.3 Å². The lowest BCUT2D eigenvalue weighted by Crippen LogP contribution is -2.17. The number of rotatable bonds is 5. The van der Waals surface area contributed by atoms with Crippen LogP contribution in [-0.2, 0) is 6.54 Å². The van der Waals surface area contributed by atoms with Crippen molar-refractivity contribution < 1.29 is 5.11 Å². The van der Waals surface area contributed by atoms with Crippen molar-refractivity contribution in [3.05, 3.63) is 81.4 Å². The van der Waals surface area contributed by atoms with Crippen LogP contribution in [0, 0.1) is 6.92 Å². The van der Waals surface area contributed by atoms with Gasteiger partial charge >= 0.3 is 5.69 Å². The van der Waals surface area contributed by atoms with E-state index in [2.05, 4.69) is 35.5 Å². The maximum atomic E-state index is 12.5. The van der Waals surface area contributed by atoms with Crippen molar-refractivity contribution >= 4 is 18.4 Å². The minimum atomic E-state index is -0.264. The SMILES string of the molecule is C=N/C(=N\c1c(C)[nH]c(=O)n1Cc1cccc(O)c1)c1ccccc1C(C)C. The van der Waals surface area contributed by atoms with Crippen molar-refractivity contribution in [3.63, 3.8) is 0 Å². The summed E-state index contributed by atoms with van der Waals surface area (Å²) >= 11 is 0. The Kier molecular flexibility index (Phi) is 5.59. The number of aromatic nitrogens is 2. The van der Waals surface area contributed by atoms with Crippen LogP contribution in [-0.4, -0.2) is 27.2 Å². The number of aliphatic imine (C=N–C) groups is 2. The number of phenolic OH excluding ortho intramolecular Hbond substituents is 1. The molecule has 0 saturated carbocycles. The minimum absolute atomic E-state index is 0.155. The highest BCUT2D eigenvalue weighted by Crippen LogP contribution is 2.24. The van der Waals surface area contributed by atoms with Gasteiger partial charge in [-0.3, -0.25) is 4.57 Å². The molecule has 144 valence electrons. The Morgan fingerprint density at radius 1 is 1.21 bits per heavy atom. The molecule has 6 heteroatoms. The lowest BCUT2D eigenvalue weighted by molar-refractivity contribution is 0.474. The van der Waals surface area contributed by atoms with E-state index in [0.717, 1.165) is 16.7 Å². The Balaban J connectivity index is 2.11. The Morgan fingerprint density at radius 3 is 2.64 bits per heavy atom. The van der Waals surface area contributed by atoms with Gasteiger partial charge in [-0.1, -0.05) is 50.2 Å². The van der Waals surface area contributed by atoms with Gasteiger partial charge in [-0.2, -0.15) is 0 Å². The molecular formula is C22H24N4O2. The fraction of sp³-hybridized carbons (Fsp3) is 0.227. The van der Waals surface area contributed by atoms with Gasteiger partial charge in [-0.15, -0.1) is 0 Å². The molecule has 0 aliphatic rings. The quantitative estimate of drug-likeness (QED) is 0.518. The summed E-state index contributed by atoms with van der Waals surface area (Å²) in [5.41, 5.74) is 3.19. The molecule has 0 amide bonds. The summed E-state index contributed by atoms with van der Waals surface area (Å²) < 4.78 is 1.53. The number of aromatic hydroxyl groups is 1. The van der Waals surface area contributed by atoms with E-state index in [4.69, 9.17) is 0 Å². The van der Waals surface area contributed by atoms with Gasteiger partial charge in [0.2, 0.25) is 0 Å².